The highest BCUT2D eigenvalue weighted by molar-refractivity contribution is 6.15. The lowest BCUT2D eigenvalue weighted by Crippen LogP contribution is -2.57. The highest BCUT2D eigenvalue weighted by Gasteiger charge is 2.37. The van der Waals surface area contributed by atoms with E-state index in [-0.39, 0.29) is 6.10 Å². The average Bonchev–Trinajstić information content (AvgIpc) is 2.66. The minimum absolute atomic E-state index is 0.357. The Morgan fingerprint density at radius 2 is 2.00 bits per heavy atom. The van der Waals surface area contributed by atoms with Crippen LogP contribution in [0.2, 0.25) is 0 Å². The number of amides is 2. The first kappa shape index (κ1) is 15.7. The third-order valence-electron chi connectivity index (χ3n) is 2.63. The number of hydrogen-bond acceptors (Lipinski definition) is 5. The van der Waals surface area contributed by atoms with Gasteiger partial charge in [0.2, 0.25) is 6.17 Å². The monoisotopic (exact) mass is 282 g/mol. The first-order chi connectivity index (χ1) is 9.36. The third-order valence-corrected chi connectivity index (χ3v) is 2.63. The summed E-state index contributed by atoms with van der Waals surface area (Å²) >= 11 is 0. The summed E-state index contributed by atoms with van der Waals surface area (Å²) in [7, 11) is 0. The summed E-state index contributed by atoms with van der Waals surface area (Å²) in [5, 5.41) is 9.43. The van der Waals surface area contributed by atoms with E-state index >= 15 is 0 Å². The number of rotatable bonds is 6. The number of guanidine groups is 1. The number of carbonyl (C=O) groups is 3. The summed E-state index contributed by atoms with van der Waals surface area (Å²) in [6.45, 7) is 3.64. The van der Waals surface area contributed by atoms with Gasteiger partial charge in [0.05, 0.1) is 6.10 Å². The van der Waals surface area contributed by atoms with Crippen molar-refractivity contribution < 1.29 is 19.1 Å². The zero-order valence-electron chi connectivity index (χ0n) is 11.4. The maximum absolute atomic E-state index is 12.0. The van der Waals surface area contributed by atoms with Gasteiger partial charge in [-0.15, -0.1) is 0 Å². The second-order valence-electron chi connectivity index (χ2n) is 4.38. The van der Waals surface area contributed by atoms with E-state index in [1.54, 1.807) is 6.92 Å². The molecule has 1 rings (SSSR count). The van der Waals surface area contributed by atoms with Gasteiger partial charge in [0.1, 0.15) is 0 Å². The molecule has 0 aromatic heterocycles. The Morgan fingerprint density at radius 1 is 1.45 bits per heavy atom. The van der Waals surface area contributed by atoms with Gasteiger partial charge in [0, 0.05) is 12.2 Å². The van der Waals surface area contributed by atoms with Crippen molar-refractivity contribution in [2.45, 2.75) is 39.0 Å². The van der Waals surface area contributed by atoms with E-state index in [0.717, 1.165) is 18.6 Å². The molecule has 8 nitrogen and oxygen atoms in total. The molecule has 1 aliphatic heterocycles. The van der Waals surface area contributed by atoms with E-state index in [0.29, 0.717) is 11.3 Å². The van der Waals surface area contributed by atoms with Crippen molar-refractivity contribution in [3.05, 3.63) is 12.2 Å². The van der Waals surface area contributed by atoms with Crippen molar-refractivity contribution in [1.82, 2.24) is 10.2 Å². The highest BCUT2D eigenvalue weighted by atomic mass is 16.5. The Kier molecular flexibility index (Phi) is 5.24. The molecular formula is C12H18N4O4. The lowest BCUT2D eigenvalue weighted by atomic mass is 10.2. The van der Waals surface area contributed by atoms with Crippen molar-refractivity contribution in [1.29, 1.82) is 5.41 Å². The predicted octanol–water partition coefficient (Wildman–Crippen LogP) is -0.548. The van der Waals surface area contributed by atoms with Crippen LogP contribution in [0.3, 0.4) is 0 Å². The Balaban J connectivity index is 2.84. The molecule has 4 N–H and O–H groups in total. The topological polar surface area (TPSA) is 126 Å². The number of hydrogen-bond donors (Lipinski definition) is 3. The summed E-state index contributed by atoms with van der Waals surface area (Å²) in [6.07, 6.45) is 1.77. The van der Waals surface area contributed by atoms with Gasteiger partial charge in [-0.1, -0.05) is 13.3 Å². The minimum atomic E-state index is -1.43. The molecule has 20 heavy (non-hydrogen) atoms. The number of esters is 1. The van der Waals surface area contributed by atoms with Gasteiger partial charge < -0.3 is 15.8 Å². The van der Waals surface area contributed by atoms with Crippen LogP contribution < -0.4 is 11.1 Å². The molecule has 0 aromatic rings. The van der Waals surface area contributed by atoms with Crippen molar-refractivity contribution in [2.24, 2.45) is 5.73 Å². The maximum Gasteiger partial charge on any atom is 0.350 e. The second-order valence-corrected chi connectivity index (χ2v) is 4.38. The summed E-state index contributed by atoms with van der Waals surface area (Å²) in [6, 6.07) is 0. The molecular weight excluding hydrogens is 264 g/mol. The van der Waals surface area contributed by atoms with Crippen LogP contribution >= 0.6 is 0 Å². The first-order valence-electron chi connectivity index (χ1n) is 6.23. The van der Waals surface area contributed by atoms with Crippen LogP contribution in [0.4, 0.5) is 0 Å². The molecule has 0 saturated heterocycles. The summed E-state index contributed by atoms with van der Waals surface area (Å²) in [5.74, 6) is -2.68. The number of ether oxygens (including phenoxy) is 1. The lowest BCUT2D eigenvalue weighted by molar-refractivity contribution is -0.162. The van der Waals surface area contributed by atoms with Gasteiger partial charge in [-0.3, -0.25) is 15.0 Å². The molecule has 2 amide bonds. The zero-order chi connectivity index (χ0) is 15.3. The van der Waals surface area contributed by atoms with E-state index in [1.807, 2.05) is 6.92 Å². The molecule has 0 aromatic carbocycles. The van der Waals surface area contributed by atoms with Crippen LogP contribution in [0.1, 0.15) is 26.7 Å². The summed E-state index contributed by atoms with van der Waals surface area (Å²) < 4.78 is 5.14. The smallest absolute Gasteiger partial charge is 0.350 e. The van der Waals surface area contributed by atoms with Crippen molar-refractivity contribution >= 4 is 23.7 Å². The van der Waals surface area contributed by atoms with Crippen LogP contribution in [0.25, 0.3) is 0 Å². The van der Waals surface area contributed by atoms with Crippen molar-refractivity contribution in [3.63, 3.8) is 0 Å². The maximum atomic E-state index is 12.0. The van der Waals surface area contributed by atoms with Crippen LogP contribution in [-0.4, -0.2) is 40.9 Å². The van der Waals surface area contributed by atoms with Gasteiger partial charge in [-0.2, -0.15) is 0 Å². The average molecular weight is 282 g/mol. The molecule has 1 heterocycles. The Labute approximate surface area is 116 Å². The fourth-order valence-corrected chi connectivity index (χ4v) is 1.77. The number of nitrogens with one attached hydrogen (secondary N) is 2. The molecule has 1 aliphatic rings. The first-order valence-corrected chi connectivity index (χ1v) is 6.23. The van der Waals surface area contributed by atoms with E-state index in [9.17, 15) is 14.4 Å². The van der Waals surface area contributed by atoms with Gasteiger partial charge in [-0.05, 0) is 13.3 Å². The fourth-order valence-electron chi connectivity index (χ4n) is 1.77. The van der Waals surface area contributed by atoms with Crippen LogP contribution in [0.15, 0.2) is 12.2 Å². The molecule has 0 fully saturated rings. The molecule has 0 saturated carbocycles. The van der Waals surface area contributed by atoms with Gasteiger partial charge >= 0.3 is 5.97 Å². The fraction of sp³-hybridized carbons (Fsp3) is 0.500. The quantitative estimate of drug-likeness (QED) is 0.260. The Hall–Kier alpha value is -2.38. The van der Waals surface area contributed by atoms with E-state index in [2.05, 4.69) is 5.32 Å². The highest BCUT2D eigenvalue weighted by Crippen LogP contribution is 2.11. The molecule has 2 unspecified atom stereocenters. The number of imide groups is 1. The van der Waals surface area contributed by atoms with Crippen LogP contribution in [0, 0.1) is 5.41 Å². The number of carbonyl (C=O) groups excluding carboxylic acids is 3. The van der Waals surface area contributed by atoms with E-state index in [4.69, 9.17) is 15.9 Å². The largest absolute Gasteiger partial charge is 0.460 e. The predicted molar refractivity (Wildman–Crippen MR) is 70.3 cm³/mol. The SMILES string of the molecule is CCCC(C)OC(=O)C(NC(=N)N)N1C(=O)C=CC1=O. The Morgan fingerprint density at radius 3 is 2.45 bits per heavy atom. The molecule has 0 aliphatic carbocycles. The van der Waals surface area contributed by atoms with Gasteiger partial charge in [0.25, 0.3) is 11.8 Å². The molecule has 0 radical (unpaired) electrons. The third kappa shape index (κ3) is 3.81. The second kappa shape index (κ2) is 6.69. The minimum Gasteiger partial charge on any atom is -0.460 e. The molecule has 110 valence electrons. The Bertz CT molecular complexity index is 442. The lowest BCUT2D eigenvalue weighted by Gasteiger charge is -2.26. The van der Waals surface area contributed by atoms with Crippen LogP contribution in [0.5, 0.6) is 0 Å². The molecule has 0 spiro atoms. The van der Waals surface area contributed by atoms with Crippen LogP contribution in [-0.2, 0) is 19.1 Å². The molecule has 8 heteroatoms. The summed E-state index contributed by atoms with van der Waals surface area (Å²) in [5.41, 5.74) is 5.17. The van der Waals surface area contributed by atoms with Crippen molar-refractivity contribution in [2.75, 3.05) is 0 Å². The number of nitrogens with zero attached hydrogens (tertiary/aromatic N) is 1. The normalized spacial score (nSPS) is 17.0. The van der Waals surface area contributed by atoms with Gasteiger partial charge in [0.15, 0.2) is 5.96 Å². The summed E-state index contributed by atoms with van der Waals surface area (Å²) in [4.78, 5) is 35.9. The zero-order valence-corrected chi connectivity index (χ0v) is 11.4. The standard InChI is InChI=1S/C12H18N4O4/c1-3-4-7(2)20-11(19)10(15-12(13)14)16-8(17)5-6-9(16)18/h5-7,10H,3-4H2,1-2H3,(H4,13,14,15). The molecule has 2 atom stereocenters. The van der Waals surface area contributed by atoms with E-state index < -0.39 is 29.9 Å². The van der Waals surface area contributed by atoms with Gasteiger partial charge in [-0.25, -0.2) is 9.69 Å². The molecule has 0 bridgehead atoms. The number of nitrogens with two attached hydrogens (primary N) is 1. The van der Waals surface area contributed by atoms with E-state index in [1.165, 1.54) is 0 Å². The van der Waals surface area contributed by atoms with Crippen molar-refractivity contribution in [3.8, 4) is 0 Å².